The second-order valence-corrected chi connectivity index (χ2v) is 10.2. The van der Waals surface area contributed by atoms with Crippen molar-refractivity contribution in [1.29, 1.82) is 0 Å². The second kappa shape index (κ2) is 13.9. The van der Waals surface area contributed by atoms with E-state index >= 15 is 0 Å². The molecule has 2 N–H and O–H groups in total. The van der Waals surface area contributed by atoms with E-state index in [9.17, 15) is 18.8 Å². The van der Waals surface area contributed by atoms with Gasteiger partial charge in [-0.3, -0.25) is 9.59 Å². The van der Waals surface area contributed by atoms with Crippen LogP contribution in [-0.4, -0.2) is 80.1 Å². The quantitative estimate of drug-likeness (QED) is 0.508. The van der Waals surface area contributed by atoms with Crippen molar-refractivity contribution in [3.63, 3.8) is 0 Å². The van der Waals surface area contributed by atoms with Crippen molar-refractivity contribution >= 4 is 29.2 Å². The van der Waals surface area contributed by atoms with Crippen molar-refractivity contribution < 1.29 is 23.5 Å². The lowest BCUT2D eigenvalue weighted by atomic mass is 9.96. The van der Waals surface area contributed by atoms with Gasteiger partial charge in [0, 0.05) is 57.3 Å². The van der Waals surface area contributed by atoms with E-state index in [1.54, 1.807) is 12.1 Å². The van der Waals surface area contributed by atoms with Crippen LogP contribution in [0, 0.1) is 5.82 Å². The molecule has 0 aromatic heterocycles. The molecular weight excluding hydrogens is 501 g/mol. The van der Waals surface area contributed by atoms with E-state index in [2.05, 4.69) is 15.5 Å². The van der Waals surface area contributed by atoms with E-state index in [1.165, 1.54) is 43.4 Å². The summed E-state index contributed by atoms with van der Waals surface area (Å²) in [4.78, 5) is 43.4. The predicted molar refractivity (Wildman–Crippen MR) is 148 cm³/mol. The minimum atomic E-state index is -0.364. The SMILES string of the molecule is COCC(=O)N(CC(=O)Nc1ccc(N2CCN(C(=O)NC3CCCCC3)CC2)cc1)Cc1ccc(F)cc1. The Balaban J connectivity index is 1.26. The average Bonchev–Trinajstić information content (AvgIpc) is 2.95. The minimum Gasteiger partial charge on any atom is -0.375 e. The summed E-state index contributed by atoms with van der Waals surface area (Å²) in [7, 11) is 1.42. The number of nitrogens with zero attached hydrogens (tertiary/aromatic N) is 3. The fourth-order valence-corrected chi connectivity index (χ4v) is 5.07. The molecule has 1 aliphatic carbocycles. The number of hydrogen-bond donors (Lipinski definition) is 2. The zero-order chi connectivity index (χ0) is 27.6. The number of ether oxygens (including phenoxy) is 1. The Hall–Kier alpha value is -3.66. The van der Waals surface area contributed by atoms with Gasteiger partial charge in [0.25, 0.3) is 0 Å². The van der Waals surface area contributed by atoms with E-state index in [1.807, 2.05) is 29.2 Å². The molecule has 2 aliphatic rings. The summed E-state index contributed by atoms with van der Waals surface area (Å²) in [6.45, 7) is 2.66. The Kier molecular flexibility index (Phi) is 10.1. The maximum Gasteiger partial charge on any atom is 0.317 e. The molecule has 39 heavy (non-hydrogen) atoms. The molecule has 4 amide bonds. The zero-order valence-electron chi connectivity index (χ0n) is 22.5. The first-order valence-electron chi connectivity index (χ1n) is 13.6. The van der Waals surface area contributed by atoms with E-state index in [0.29, 0.717) is 30.4 Å². The van der Waals surface area contributed by atoms with Crippen LogP contribution in [0.3, 0.4) is 0 Å². The van der Waals surface area contributed by atoms with Gasteiger partial charge in [-0.25, -0.2) is 9.18 Å². The van der Waals surface area contributed by atoms with Gasteiger partial charge < -0.3 is 30.1 Å². The van der Waals surface area contributed by atoms with Crippen LogP contribution in [0.2, 0.25) is 0 Å². The number of methoxy groups -OCH3 is 1. The van der Waals surface area contributed by atoms with Crippen LogP contribution in [0.1, 0.15) is 37.7 Å². The monoisotopic (exact) mass is 539 g/mol. The standard InChI is InChI=1S/C29H38FN5O4/c1-39-21-28(37)35(19-22-7-9-23(30)10-8-22)20-27(36)31-25-11-13-26(14-12-25)33-15-17-34(18-16-33)29(38)32-24-5-3-2-4-6-24/h7-14,24H,2-6,15-21H2,1H3,(H,31,36)(H,32,38). The molecule has 0 bridgehead atoms. The number of urea groups is 1. The van der Waals surface area contributed by atoms with Crippen molar-refractivity contribution in [3.8, 4) is 0 Å². The maximum absolute atomic E-state index is 13.2. The molecule has 10 heteroatoms. The molecule has 2 aromatic rings. The normalized spacial score (nSPS) is 16.1. The molecule has 0 radical (unpaired) electrons. The molecule has 0 unspecified atom stereocenters. The van der Waals surface area contributed by atoms with Gasteiger partial charge in [0.15, 0.2) is 0 Å². The Labute approximate surface area is 229 Å². The molecule has 0 atom stereocenters. The van der Waals surface area contributed by atoms with Crippen LogP contribution in [-0.2, 0) is 20.9 Å². The molecule has 9 nitrogen and oxygen atoms in total. The van der Waals surface area contributed by atoms with Gasteiger partial charge in [-0.2, -0.15) is 0 Å². The number of amides is 4. The highest BCUT2D eigenvalue weighted by Gasteiger charge is 2.24. The number of piperazine rings is 1. The largest absolute Gasteiger partial charge is 0.375 e. The van der Waals surface area contributed by atoms with Crippen LogP contribution >= 0.6 is 0 Å². The first kappa shape index (κ1) is 28.4. The summed E-state index contributed by atoms with van der Waals surface area (Å²) in [6, 6.07) is 13.7. The van der Waals surface area contributed by atoms with Crippen LogP contribution in [0.15, 0.2) is 48.5 Å². The Morgan fingerprint density at radius 3 is 2.26 bits per heavy atom. The third-order valence-corrected chi connectivity index (χ3v) is 7.26. The molecule has 1 aliphatic heterocycles. The van der Waals surface area contributed by atoms with E-state index in [0.717, 1.165) is 31.6 Å². The van der Waals surface area contributed by atoms with Gasteiger partial charge in [0.1, 0.15) is 19.0 Å². The van der Waals surface area contributed by atoms with Crippen molar-refractivity contribution in [2.24, 2.45) is 0 Å². The van der Waals surface area contributed by atoms with Gasteiger partial charge in [-0.15, -0.1) is 0 Å². The summed E-state index contributed by atoms with van der Waals surface area (Å²) >= 11 is 0. The third kappa shape index (κ3) is 8.41. The van der Waals surface area contributed by atoms with Crippen LogP contribution in [0.25, 0.3) is 0 Å². The maximum atomic E-state index is 13.2. The Morgan fingerprint density at radius 1 is 0.949 bits per heavy atom. The molecule has 2 fully saturated rings. The Morgan fingerprint density at radius 2 is 1.62 bits per heavy atom. The van der Waals surface area contributed by atoms with E-state index < -0.39 is 0 Å². The molecule has 210 valence electrons. The first-order chi connectivity index (χ1) is 18.9. The average molecular weight is 540 g/mol. The summed E-state index contributed by atoms with van der Waals surface area (Å²) in [5, 5.41) is 6.04. The minimum absolute atomic E-state index is 0.0389. The fraction of sp³-hybridized carbons (Fsp3) is 0.483. The topological polar surface area (TPSA) is 94.2 Å². The molecule has 2 aromatic carbocycles. The summed E-state index contributed by atoms with van der Waals surface area (Å²) in [5.74, 6) is -1.04. The smallest absolute Gasteiger partial charge is 0.317 e. The molecular formula is C29H38FN5O4. The Bertz CT molecular complexity index is 1100. The number of carbonyl (C=O) groups excluding carboxylic acids is 3. The highest BCUT2D eigenvalue weighted by Crippen LogP contribution is 2.21. The van der Waals surface area contributed by atoms with E-state index in [-0.39, 0.29) is 43.4 Å². The second-order valence-electron chi connectivity index (χ2n) is 10.2. The lowest BCUT2D eigenvalue weighted by molar-refractivity contribution is -0.138. The van der Waals surface area contributed by atoms with Gasteiger partial charge in [0.05, 0.1) is 0 Å². The summed E-state index contributed by atoms with van der Waals surface area (Å²) in [5.41, 5.74) is 2.35. The molecule has 4 rings (SSSR count). The number of anilines is 2. The highest BCUT2D eigenvalue weighted by molar-refractivity contribution is 5.94. The lowest BCUT2D eigenvalue weighted by Crippen LogP contribution is -2.53. The van der Waals surface area contributed by atoms with Crippen molar-refractivity contribution in [2.75, 3.05) is 56.7 Å². The van der Waals surface area contributed by atoms with Crippen LogP contribution in [0.5, 0.6) is 0 Å². The molecule has 1 saturated carbocycles. The first-order valence-corrected chi connectivity index (χ1v) is 13.6. The van der Waals surface area contributed by atoms with Gasteiger partial charge in [0.2, 0.25) is 11.8 Å². The summed E-state index contributed by atoms with van der Waals surface area (Å²) in [6.07, 6.45) is 5.79. The number of hydrogen-bond acceptors (Lipinski definition) is 5. The van der Waals surface area contributed by atoms with Crippen molar-refractivity contribution in [2.45, 2.75) is 44.7 Å². The van der Waals surface area contributed by atoms with Gasteiger partial charge >= 0.3 is 6.03 Å². The number of halogens is 1. The number of benzene rings is 2. The van der Waals surface area contributed by atoms with Crippen molar-refractivity contribution in [1.82, 2.24) is 15.1 Å². The molecule has 1 saturated heterocycles. The number of carbonyl (C=O) groups is 3. The zero-order valence-corrected chi connectivity index (χ0v) is 22.5. The lowest BCUT2D eigenvalue weighted by Gasteiger charge is -2.37. The van der Waals surface area contributed by atoms with E-state index in [4.69, 9.17) is 4.74 Å². The fourth-order valence-electron chi connectivity index (χ4n) is 5.07. The van der Waals surface area contributed by atoms with Crippen LogP contribution in [0.4, 0.5) is 20.6 Å². The van der Waals surface area contributed by atoms with Crippen molar-refractivity contribution in [3.05, 3.63) is 59.9 Å². The van der Waals surface area contributed by atoms with Gasteiger partial charge in [-0.1, -0.05) is 31.4 Å². The molecule has 1 heterocycles. The number of nitrogens with one attached hydrogen (secondary N) is 2. The third-order valence-electron chi connectivity index (χ3n) is 7.26. The summed E-state index contributed by atoms with van der Waals surface area (Å²) < 4.78 is 18.2. The number of rotatable bonds is 9. The van der Waals surface area contributed by atoms with Gasteiger partial charge in [-0.05, 0) is 54.8 Å². The van der Waals surface area contributed by atoms with Crippen LogP contribution < -0.4 is 15.5 Å². The highest BCUT2D eigenvalue weighted by atomic mass is 19.1. The molecule has 0 spiro atoms. The predicted octanol–water partition coefficient (Wildman–Crippen LogP) is 3.60.